The van der Waals surface area contributed by atoms with Crippen LogP contribution in [0.1, 0.15) is 18.1 Å². The summed E-state index contributed by atoms with van der Waals surface area (Å²) in [7, 11) is 0. The van der Waals surface area contributed by atoms with E-state index < -0.39 is 0 Å². The number of ether oxygens (including phenoxy) is 1. The van der Waals surface area contributed by atoms with Crippen molar-refractivity contribution in [3.8, 4) is 5.75 Å². The Kier molecular flexibility index (Phi) is 4.38. The molecule has 0 fully saturated rings. The summed E-state index contributed by atoms with van der Waals surface area (Å²) in [6.07, 6.45) is 1.55. The Hall–Kier alpha value is -1.55. The maximum absolute atomic E-state index is 5.58. The minimum Gasteiger partial charge on any atom is -0.485 e. The van der Waals surface area contributed by atoms with Crippen LogP contribution in [0.25, 0.3) is 0 Å². The lowest BCUT2D eigenvalue weighted by atomic mass is 10.3. The number of aromatic nitrogens is 2. The number of nitrogens with zero attached hydrogens (tertiary/aromatic N) is 2. The molecule has 0 spiro atoms. The van der Waals surface area contributed by atoms with E-state index in [0.717, 1.165) is 12.2 Å². The van der Waals surface area contributed by atoms with Gasteiger partial charge in [0.15, 0.2) is 6.61 Å². The summed E-state index contributed by atoms with van der Waals surface area (Å²) in [5, 5.41) is 3.83. The van der Waals surface area contributed by atoms with E-state index in [1.165, 1.54) is 0 Å². The van der Waals surface area contributed by atoms with Gasteiger partial charge in [-0.1, -0.05) is 23.4 Å². The largest absolute Gasteiger partial charge is 0.485 e. The fourth-order valence-electron chi connectivity index (χ4n) is 1.33. The van der Waals surface area contributed by atoms with Crippen molar-refractivity contribution in [2.75, 3.05) is 5.88 Å². The van der Waals surface area contributed by atoms with Gasteiger partial charge >= 0.3 is 0 Å². The lowest BCUT2D eigenvalue weighted by Crippen LogP contribution is -1.97. The van der Waals surface area contributed by atoms with E-state index in [0.29, 0.717) is 30.6 Å². The number of aryl methyl sites for hydroxylation is 1. The van der Waals surface area contributed by atoms with Gasteiger partial charge in [0.25, 0.3) is 0 Å². The van der Waals surface area contributed by atoms with Gasteiger partial charge in [0.1, 0.15) is 5.75 Å². The number of para-hydroxylation sites is 1. The number of rotatable bonds is 6. The molecule has 90 valence electrons. The number of halogens is 1. The van der Waals surface area contributed by atoms with Gasteiger partial charge in [-0.15, -0.1) is 11.6 Å². The van der Waals surface area contributed by atoms with Crippen molar-refractivity contribution in [2.24, 2.45) is 0 Å². The van der Waals surface area contributed by atoms with Crippen LogP contribution in [-0.2, 0) is 13.0 Å². The van der Waals surface area contributed by atoms with Gasteiger partial charge in [0.2, 0.25) is 11.7 Å². The number of hydrogen-bond donors (Lipinski definition) is 0. The Balaban J connectivity index is 1.85. The van der Waals surface area contributed by atoms with E-state index >= 15 is 0 Å². The maximum Gasteiger partial charge on any atom is 0.226 e. The fourth-order valence-corrected chi connectivity index (χ4v) is 1.47. The molecule has 1 aromatic carbocycles. The predicted octanol–water partition coefficient (Wildman–Crippen LogP) is 2.82. The third-order valence-electron chi connectivity index (χ3n) is 2.15. The second-order valence-electron chi connectivity index (χ2n) is 3.50. The summed E-state index contributed by atoms with van der Waals surface area (Å²) in [6, 6.07) is 9.53. The molecule has 0 aliphatic rings. The zero-order chi connectivity index (χ0) is 11.9. The van der Waals surface area contributed by atoms with Crippen LogP contribution in [0.4, 0.5) is 0 Å². The van der Waals surface area contributed by atoms with Crippen molar-refractivity contribution < 1.29 is 9.26 Å². The zero-order valence-electron chi connectivity index (χ0n) is 9.30. The Morgan fingerprint density at radius 2 is 2.06 bits per heavy atom. The Bertz CT molecular complexity index is 445. The topological polar surface area (TPSA) is 48.2 Å². The first-order valence-corrected chi connectivity index (χ1v) is 5.97. The molecule has 1 heterocycles. The molecule has 0 aliphatic carbocycles. The number of alkyl halides is 1. The molecule has 2 rings (SSSR count). The van der Waals surface area contributed by atoms with E-state index in [1.807, 2.05) is 30.3 Å². The van der Waals surface area contributed by atoms with Crippen molar-refractivity contribution in [1.29, 1.82) is 0 Å². The van der Waals surface area contributed by atoms with Crippen molar-refractivity contribution in [2.45, 2.75) is 19.4 Å². The van der Waals surface area contributed by atoms with E-state index in [1.54, 1.807) is 0 Å². The third-order valence-corrected chi connectivity index (χ3v) is 2.41. The van der Waals surface area contributed by atoms with Gasteiger partial charge < -0.3 is 9.26 Å². The van der Waals surface area contributed by atoms with Crippen LogP contribution in [0.2, 0.25) is 0 Å². The van der Waals surface area contributed by atoms with Crippen molar-refractivity contribution >= 4 is 11.6 Å². The summed E-state index contributed by atoms with van der Waals surface area (Å²) in [6.45, 7) is 0.314. The van der Waals surface area contributed by atoms with Gasteiger partial charge in [-0.3, -0.25) is 0 Å². The molecular formula is C12H13ClN2O2. The summed E-state index contributed by atoms with van der Waals surface area (Å²) < 4.78 is 10.6. The Labute approximate surface area is 105 Å². The smallest absolute Gasteiger partial charge is 0.226 e. The average Bonchev–Trinajstić information content (AvgIpc) is 2.83. The molecular weight excluding hydrogens is 240 g/mol. The number of hydrogen-bond acceptors (Lipinski definition) is 4. The highest BCUT2D eigenvalue weighted by Gasteiger charge is 2.06. The van der Waals surface area contributed by atoms with Gasteiger partial charge in [0.05, 0.1) is 0 Å². The summed E-state index contributed by atoms with van der Waals surface area (Å²) in [5.41, 5.74) is 0. The Morgan fingerprint density at radius 3 is 2.82 bits per heavy atom. The summed E-state index contributed by atoms with van der Waals surface area (Å²) in [5.74, 6) is 2.55. The average molecular weight is 253 g/mol. The molecule has 0 amide bonds. The van der Waals surface area contributed by atoms with E-state index in [-0.39, 0.29) is 0 Å². The molecule has 1 aromatic heterocycles. The third kappa shape index (κ3) is 3.75. The van der Waals surface area contributed by atoms with Crippen molar-refractivity contribution in [3.05, 3.63) is 42.0 Å². The van der Waals surface area contributed by atoms with E-state index in [2.05, 4.69) is 10.1 Å². The summed E-state index contributed by atoms with van der Waals surface area (Å²) >= 11 is 5.58. The lowest BCUT2D eigenvalue weighted by Gasteiger charge is -2.01. The standard InChI is InChI=1S/C12H13ClN2O2/c13-8-4-7-12-14-11(15-17-12)9-16-10-5-2-1-3-6-10/h1-3,5-6H,4,7-9H2. The first-order valence-electron chi connectivity index (χ1n) is 5.44. The molecule has 0 atom stereocenters. The second-order valence-corrected chi connectivity index (χ2v) is 3.88. The highest BCUT2D eigenvalue weighted by atomic mass is 35.5. The van der Waals surface area contributed by atoms with E-state index in [4.69, 9.17) is 20.9 Å². The van der Waals surface area contributed by atoms with Crippen LogP contribution in [0.3, 0.4) is 0 Å². The van der Waals surface area contributed by atoms with E-state index in [9.17, 15) is 0 Å². The first kappa shape index (κ1) is 11.9. The van der Waals surface area contributed by atoms with Gasteiger partial charge in [-0.25, -0.2) is 0 Å². The molecule has 0 aliphatic heterocycles. The van der Waals surface area contributed by atoms with Crippen LogP contribution in [0, 0.1) is 0 Å². The van der Waals surface area contributed by atoms with Crippen LogP contribution in [0.5, 0.6) is 5.75 Å². The predicted molar refractivity (Wildman–Crippen MR) is 64.1 cm³/mol. The Morgan fingerprint density at radius 1 is 1.24 bits per heavy atom. The van der Waals surface area contributed by atoms with Crippen LogP contribution < -0.4 is 4.74 Å². The minimum absolute atomic E-state index is 0.314. The molecule has 0 saturated carbocycles. The normalized spacial score (nSPS) is 10.4. The summed E-state index contributed by atoms with van der Waals surface area (Å²) in [4.78, 5) is 4.20. The van der Waals surface area contributed by atoms with Crippen LogP contribution >= 0.6 is 11.6 Å². The monoisotopic (exact) mass is 252 g/mol. The number of benzene rings is 1. The molecule has 17 heavy (non-hydrogen) atoms. The van der Waals surface area contributed by atoms with Crippen LogP contribution in [-0.4, -0.2) is 16.0 Å². The van der Waals surface area contributed by atoms with Gasteiger partial charge in [0, 0.05) is 12.3 Å². The minimum atomic E-state index is 0.314. The highest BCUT2D eigenvalue weighted by molar-refractivity contribution is 6.17. The highest BCUT2D eigenvalue weighted by Crippen LogP contribution is 2.10. The van der Waals surface area contributed by atoms with Crippen molar-refractivity contribution in [3.63, 3.8) is 0 Å². The molecule has 5 heteroatoms. The molecule has 0 saturated heterocycles. The fraction of sp³-hybridized carbons (Fsp3) is 0.333. The zero-order valence-corrected chi connectivity index (χ0v) is 10.1. The quantitative estimate of drug-likeness (QED) is 0.742. The second kappa shape index (κ2) is 6.25. The molecule has 4 nitrogen and oxygen atoms in total. The van der Waals surface area contributed by atoms with Gasteiger partial charge in [-0.05, 0) is 18.6 Å². The lowest BCUT2D eigenvalue weighted by molar-refractivity contribution is 0.285. The van der Waals surface area contributed by atoms with Gasteiger partial charge in [-0.2, -0.15) is 4.98 Å². The van der Waals surface area contributed by atoms with Crippen LogP contribution in [0.15, 0.2) is 34.9 Å². The molecule has 0 unspecified atom stereocenters. The van der Waals surface area contributed by atoms with Crippen molar-refractivity contribution in [1.82, 2.24) is 10.1 Å². The molecule has 0 radical (unpaired) electrons. The first-order chi connectivity index (χ1) is 8.38. The molecule has 2 aromatic rings. The SMILES string of the molecule is ClCCCc1nc(COc2ccccc2)no1. The maximum atomic E-state index is 5.58. The molecule has 0 N–H and O–H groups in total. The molecule has 0 bridgehead atoms.